The first-order chi connectivity index (χ1) is 13.9. The Morgan fingerprint density at radius 3 is 2.31 bits per heavy atom. The number of likely N-dealkylation sites (N-methyl/N-ethyl adjacent to an activating group) is 1. The standard InChI is InChI=1S/C24H26N2O3/c1-16(19-9-10-21-14-22(29-4)12-11-20(21)13-19)24(28)26(3)15-17-5-7-18(8-6-17)23(27)25-2/h5-14,16H,15H2,1-4H3,(H,25,27)/t16-/m0/s1. The molecule has 0 aromatic heterocycles. The second kappa shape index (κ2) is 8.78. The molecule has 5 heteroatoms. The molecule has 3 aromatic rings. The summed E-state index contributed by atoms with van der Waals surface area (Å²) >= 11 is 0. The molecular weight excluding hydrogens is 364 g/mol. The van der Waals surface area contributed by atoms with Gasteiger partial charge in [-0.15, -0.1) is 0 Å². The average Bonchev–Trinajstić information content (AvgIpc) is 2.77. The van der Waals surface area contributed by atoms with Gasteiger partial charge in [0.2, 0.25) is 5.91 Å². The van der Waals surface area contributed by atoms with Gasteiger partial charge in [-0.05, 0) is 53.1 Å². The van der Waals surface area contributed by atoms with Gasteiger partial charge in [0.05, 0.1) is 13.0 Å². The van der Waals surface area contributed by atoms with Gasteiger partial charge in [-0.25, -0.2) is 0 Å². The first kappa shape index (κ1) is 20.4. The zero-order valence-electron chi connectivity index (χ0n) is 17.2. The number of rotatable bonds is 6. The molecule has 1 atom stereocenters. The van der Waals surface area contributed by atoms with E-state index in [0.717, 1.165) is 27.6 Å². The van der Waals surface area contributed by atoms with Crippen LogP contribution in [0.4, 0.5) is 0 Å². The molecule has 5 nitrogen and oxygen atoms in total. The lowest BCUT2D eigenvalue weighted by atomic mass is 9.96. The van der Waals surface area contributed by atoms with Crippen LogP contribution in [0.1, 0.15) is 34.3 Å². The number of methoxy groups -OCH3 is 1. The van der Waals surface area contributed by atoms with Crippen molar-refractivity contribution in [3.63, 3.8) is 0 Å². The highest BCUT2D eigenvalue weighted by molar-refractivity contribution is 5.94. The number of nitrogens with zero attached hydrogens (tertiary/aromatic N) is 1. The molecular formula is C24H26N2O3. The summed E-state index contributed by atoms with van der Waals surface area (Å²) in [6.07, 6.45) is 0. The Balaban J connectivity index is 1.71. The van der Waals surface area contributed by atoms with Crippen molar-refractivity contribution in [2.75, 3.05) is 21.2 Å². The van der Waals surface area contributed by atoms with E-state index in [2.05, 4.69) is 11.4 Å². The molecule has 0 heterocycles. The van der Waals surface area contributed by atoms with Crippen molar-refractivity contribution in [3.8, 4) is 5.75 Å². The first-order valence-electron chi connectivity index (χ1n) is 9.56. The fourth-order valence-electron chi connectivity index (χ4n) is 3.37. The first-order valence-corrected chi connectivity index (χ1v) is 9.56. The second-order valence-corrected chi connectivity index (χ2v) is 7.16. The number of carbonyl (C=O) groups is 2. The van der Waals surface area contributed by atoms with E-state index in [1.165, 1.54) is 0 Å². The number of hydrogen-bond acceptors (Lipinski definition) is 3. The van der Waals surface area contributed by atoms with E-state index in [1.54, 1.807) is 38.2 Å². The summed E-state index contributed by atoms with van der Waals surface area (Å²) in [6, 6.07) is 19.3. The third kappa shape index (κ3) is 4.57. The highest BCUT2D eigenvalue weighted by Crippen LogP contribution is 2.26. The molecule has 0 saturated heterocycles. The smallest absolute Gasteiger partial charge is 0.251 e. The number of benzene rings is 3. The number of hydrogen-bond donors (Lipinski definition) is 1. The predicted molar refractivity (Wildman–Crippen MR) is 115 cm³/mol. The fourth-order valence-corrected chi connectivity index (χ4v) is 3.37. The van der Waals surface area contributed by atoms with Crippen LogP contribution in [0.3, 0.4) is 0 Å². The molecule has 0 bridgehead atoms. The molecule has 0 aliphatic carbocycles. The van der Waals surface area contributed by atoms with E-state index in [0.29, 0.717) is 12.1 Å². The molecule has 29 heavy (non-hydrogen) atoms. The van der Waals surface area contributed by atoms with E-state index in [4.69, 9.17) is 4.74 Å². The lowest BCUT2D eigenvalue weighted by molar-refractivity contribution is -0.131. The Labute approximate surface area is 171 Å². The van der Waals surface area contributed by atoms with Crippen LogP contribution in [0.25, 0.3) is 10.8 Å². The van der Waals surface area contributed by atoms with Gasteiger partial charge in [0, 0.05) is 26.2 Å². The van der Waals surface area contributed by atoms with Crippen molar-refractivity contribution in [2.24, 2.45) is 0 Å². The van der Waals surface area contributed by atoms with Gasteiger partial charge >= 0.3 is 0 Å². The zero-order valence-corrected chi connectivity index (χ0v) is 17.2. The summed E-state index contributed by atoms with van der Waals surface area (Å²) in [5, 5.41) is 4.76. The minimum atomic E-state index is -0.253. The van der Waals surface area contributed by atoms with Crippen LogP contribution in [0.5, 0.6) is 5.75 Å². The van der Waals surface area contributed by atoms with Crippen LogP contribution >= 0.6 is 0 Å². The third-order valence-electron chi connectivity index (χ3n) is 5.18. The highest BCUT2D eigenvalue weighted by atomic mass is 16.5. The summed E-state index contributed by atoms with van der Waals surface area (Å²) in [5.41, 5.74) is 2.56. The van der Waals surface area contributed by atoms with E-state index >= 15 is 0 Å². The van der Waals surface area contributed by atoms with Gasteiger partial charge in [-0.1, -0.05) is 36.4 Å². The van der Waals surface area contributed by atoms with Crippen molar-refractivity contribution in [3.05, 3.63) is 77.4 Å². The van der Waals surface area contributed by atoms with E-state index < -0.39 is 0 Å². The maximum Gasteiger partial charge on any atom is 0.251 e. The zero-order chi connectivity index (χ0) is 21.0. The molecule has 0 spiro atoms. The van der Waals surface area contributed by atoms with Crippen LogP contribution in [-0.4, -0.2) is 37.9 Å². The van der Waals surface area contributed by atoms with Gasteiger partial charge in [0.25, 0.3) is 5.91 Å². The third-order valence-corrected chi connectivity index (χ3v) is 5.18. The number of amides is 2. The lowest BCUT2D eigenvalue weighted by Crippen LogP contribution is -2.30. The second-order valence-electron chi connectivity index (χ2n) is 7.16. The molecule has 0 aliphatic heterocycles. The Hall–Kier alpha value is -3.34. The Morgan fingerprint density at radius 1 is 1.00 bits per heavy atom. The molecule has 0 fully saturated rings. The van der Waals surface area contributed by atoms with Crippen LogP contribution in [0.15, 0.2) is 60.7 Å². The van der Waals surface area contributed by atoms with E-state index in [-0.39, 0.29) is 17.7 Å². The lowest BCUT2D eigenvalue weighted by Gasteiger charge is -2.22. The van der Waals surface area contributed by atoms with Crippen molar-refractivity contribution in [1.29, 1.82) is 0 Å². The van der Waals surface area contributed by atoms with E-state index in [1.807, 2.05) is 49.4 Å². The number of carbonyl (C=O) groups excluding carboxylic acids is 2. The molecule has 3 rings (SSSR count). The van der Waals surface area contributed by atoms with Gasteiger partial charge in [-0.3, -0.25) is 9.59 Å². The number of ether oxygens (including phenoxy) is 1. The minimum absolute atomic E-state index is 0.0493. The Morgan fingerprint density at radius 2 is 1.66 bits per heavy atom. The summed E-state index contributed by atoms with van der Waals surface area (Å²) < 4.78 is 5.27. The fraction of sp³-hybridized carbons (Fsp3) is 0.250. The maximum atomic E-state index is 12.9. The quantitative estimate of drug-likeness (QED) is 0.693. The van der Waals surface area contributed by atoms with Crippen molar-refractivity contribution in [2.45, 2.75) is 19.4 Å². The summed E-state index contributed by atoms with van der Waals surface area (Å²) in [4.78, 5) is 26.3. The van der Waals surface area contributed by atoms with Gasteiger partial charge in [-0.2, -0.15) is 0 Å². The van der Waals surface area contributed by atoms with Gasteiger partial charge in [0.1, 0.15) is 5.75 Å². The Kier molecular flexibility index (Phi) is 6.17. The average molecular weight is 390 g/mol. The number of fused-ring (bicyclic) bond motifs is 1. The van der Waals surface area contributed by atoms with E-state index in [9.17, 15) is 9.59 Å². The predicted octanol–water partition coefficient (Wildman–Crippen LogP) is 3.97. The van der Waals surface area contributed by atoms with Crippen LogP contribution in [0.2, 0.25) is 0 Å². The summed E-state index contributed by atoms with van der Waals surface area (Å²) in [6.45, 7) is 2.42. The number of nitrogens with one attached hydrogen (secondary N) is 1. The largest absolute Gasteiger partial charge is 0.497 e. The van der Waals surface area contributed by atoms with Crippen LogP contribution in [0, 0.1) is 0 Å². The molecule has 0 radical (unpaired) electrons. The molecule has 3 aromatic carbocycles. The topological polar surface area (TPSA) is 58.6 Å². The van der Waals surface area contributed by atoms with Crippen LogP contribution in [-0.2, 0) is 11.3 Å². The molecule has 0 saturated carbocycles. The van der Waals surface area contributed by atoms with Gasteiger partial charge < -0.3 is 15.0 Å². The SMILES string of the molecule is CNC(=O)c1ccc(CN(C)C(=O)[C@@H](C)c2ccc3cc(OC)ccc3c2)cc1. The molecule has 0 unspecified atom stereocenters. The summed E-state index contributed by atoms with van der Waals surface area (Å²) in [7, 11) is 5.06. The highest BCUT2D eigenvalue weighted by Gasteiger charge is 2.20. The van der Waals surface area contributed by atoms with Crippen molar-refractivity contribution in [1.82, 2.24) is 10.2 Å². The van der Waals surface area contributed by atoms with Crippen molar-refractivity contribution >= 4 is 22.6 Å². The Bertz CT molecular complexity index is 1030. The molecule has 0 aliphatic rings. The molecule has 1 N–H and O–H groups in total. The summed E-state index contributed by atoms with van der Waals surface area (Å²) in [5.74, 6) is 0.491. The normalized spacial score (nSPS) is 11.7. The molecule has 2 amide bonds. The maximum absolute atomic E-state index is 12.9. The molecule has 150 valence electrons. The monoisotopic (exact) mass is 390 g/mol. The minimum Gasteiger partial charge on any atom is -0.497 e. The van der Waals surface area contributed by atoms with Crippen molar-refractivity contribution < 1.29 is 14.3 Å². The van der Waals surface area contributed by atoms with Gasteiger partial charge in [0.15, 0.2) is 0 Å². The van der Waals surface area contributed by atoms with Crippen LogP contribution < -0.4 is 10.1 Å².